The Hall–Kier alpha value is -0.750. The molecule has 0 fully saturated rings. The number of aromatic nitrogens is 1. The second-order valence-electron chi connectivity index (χ2n) is 3.39. The zero-order valence-electron chi connectivity index (χ0n) is 8.70. The number of rotatable bonds is 3. The topological polar surface area (TPSA) is 48.3 Å². The Morgan fingerprint density at radius 3 is 2.29 bits per heavy atom. The zero-order chi connectivity index (χ0) is 11.6. The molecule has 0 aliphatic heterocycles. The average molecular weight is 261 g/mol. The molecule has 0 aliphatic rings. The predicted molar refractivity (Wildman–Crippen MR) is 66.5 cm³/mol. The standard InChI is InChI=1S/C11H11NO3S.Na.H/c1-10-7-8-12(9-10)15-16(13,14)11-5-3-2-4-6-11;;/h2-9H,1H3;;. The van der Waals surface area contributed by atoms with Gasteiger partial charge in [-0.05, 0) is 30.7 Å². The maximum absolute atomic E-state index is 11.8. The Bertz CT molecular complexity index is 578. The van der Waals surface area contributed by atoms with E-state index in [1.807, 2.05) is 6.92 Å². The van der Waals surface area contributed by atoms with E-state index < -0.39 is 10.1 Å². The molecule has 0 spiro atoms. The van der Waals surface area contributed by atoms with Crippen molar-refractivity contribution in [2.75, 3.05) is 0 Å². The molecule has 0 N–H and O–H groups in total. The van der Waals surface area contributed by atoms with E-state index >= 15 is 0 Å². The molecular weight excluding hydrogens is 249 g/mol. The number of aryl methyl sites for hydroxylation is 1. The SMILES string of the molecule is Cc1ccn(OS(=O)(=O)c2ccccc2)c1.[NaH]. The molecule has 0 aliphatic carbocycles. The fourth-order valence-electron chi connectivity index (χ4n) is 1.27. The van der Waals surface area contributed by atoms with E-state index in [4.69, 9.17) is 4.28 Å². The molecule has 4 nitrogen and oxygen atoms in total. The molecule has 1 aromatic heterocycles. The monoisotopic (exact) mass is 261 g/mol. The van der Waals surface area contributed by atoms with Gasteiger partial charge in [0.15, 0.2) is 0 Å². The molecule has 86 valence electrons. The molecule has 2 rings (SSSR count). The van der Waals surface area contributed by atoms with Gasteiger partial charge in [-0.15, -0.1) is 0 Å². The first-order chi connectivity index (χ1) is 7.58. The van der Waals surface area contributed by atoms with Crippen molar-refractivity contribution < 1.29 is 12.7 Å². The molecule has 2 aromatic rings. The van der Waals surface area contributed by atoms with Crippen molar-refractivity contribution in [3.63, 3.8) is 0 Å². The quantitative estimate of drug-likeness (QED) is 0.773. The van der Waals surface area contributed by atoms with Gasteiger partial charge >= 0.3 is 39.7 Å². The van der Waals surface area contributed by atoms with Gasteiger partial charge < -0.3 is 0 Å². The molecule has 17 heavy (non-hydrogen) atoms. The second-order valence-corrected chi connectivity index (χ2v) is 4.92. The van der Waals surface area contributed by atoms with E-state index in [2.05, 4.69) is 0 Å². The molecule has 0 amide bonds. The summed E-state index contributed by atoms with van der Waals surface area (Å²) >= 11 is 0. The van der Waals surface area contributed by atoms with Crippen LogP contribution >= 0.6 is 0 Å². The summed E-state index contributed by atoms with van der Waals surface area (Å²) in [4.78, 5) is 0.140. The number of nitrogens with zero attached hydrogens (tertiary/aromatic N) is 1. The van der Waals surface area contributed by atoms with E-state index in [9.17, 15) is 8.42 Å². The van der Waals surface area contributed by atoms with E-state index in [-0.39, 0.29) is 34.5 Å². The van der Waals surface area contributed by atoms with Crippen molar-refractivity contribution in [3.05, 3.63) is 54.4 Å². The molecule has 0 atom stereocenters. The summed E-state index contributed by atoms with van der Waals surface area (Å²) in [5.41, 5.74) is 0.934. The van der Waals surface area contributed by atoms with Crippen LogP contribution < -0.4 is 4.28 Å². The van der Waals surface area contributed by atoms with Gasteiger partial charge in [0, 0.05) is 12.4 Å². The van der Waals surface area contributed by atoms with Gasteiger partial charge in [-0.25, -0.2) is 0 Å². The summed E-state index contributed by atoms with van der Waals surface area (Å²) in [5, 5.41) is 0. The Kier molecular flexibility index (Phi) is 4.82. The van der Waals surface area contributed by atoms with E-state index in [0.717, 1.165) is 5.56 Å². The van der Waals surface area contributed by atoms with E-state index in [1.165, 1.54) is 16.9 Å². The zero-order valence-corrected chi connectivity index (χ0v) is 9.52. The first-order valence-corrected chi connectivity index (χ1v) is 6.13. The van der Waals surface area contributed by atoms with Crippen LogP contribution in [-0.2, 0) is 10.1 Å². The average Bonchev–Trinajstić information content (AvgIpc) is 2.64. The van der Waals surface area contributed by atoms with Gasteiger partial charge in [0.25, 0.3) is 0 Å². The van der Waals surface area contributed by atoms with Crippen LogP contribution in [0, 0.1) is 6.92 Å². The molecule has 0 unspecified atom stereocenters. The summed E-state index contributed by atoms with van der Waals surface area (Å²) < 4.78 is 29.6. The number of benzene rings is 1. The van der Waals surface area contributed by atoms with Gasteiger partial charge in [-0.1, -0.05) is 18.2 Å². The Morgan fingerprint density at radius 2 is 1.76 bits per heavy atom. The van der Waals surface area contributed by atoms with Crippen LogP contribution in [0.5, 0.6) is 0 Å². The molecule has 0 bridgehead atoms. The number of hydrogen-bond donors (Lipinski definition) is 0. The van der Waals surface area contributed by atoms with Gasteiger partial charge in [0.05, 0.1) is 0 Å². The summed E-state index contributed by atoms with van der Waals surface area (Å²) in [7, 11) is -3.74. The molecular formula is C11H12NNaO3S. The van der Waals surface area contributed by atoms with Crippen LogP contribution in [0.15, 0.2) is 53.7 Å². The van der Waals surface area contributed by atoms with Crippen LogP contribution in [-0.4, -0.2) is 42.7 Å². The summed E-state index contributed by atoms with van der Waals surface area (Å²) in [6.07, 6.45) is 3.15. The van der Waals surface area contributed by atoms with Crippen molar-refractivity contribution in [2.45, 2.75) is 11.8 Å². The molecule has 0 saturated heterocycles. The molecule has 0 saturated carbocycles. The van der Waals surface area contributed by atoms with Crippen LogP contribution in [0.1, 0.15) is 5.56 Å². The van der Waals surface area contributed by atoms with Gasteiger partial charge in [-0.2, -0.15) is 13.1 Å². The molecule has 6 heteroatoms. The molecule has 0 radical (unpaired) electrons. The third-order valence-corrected chi connectivity index (χ3v) is 3.25. The molecule has 1 heterocycles. The first kappa shape index (κ1) is 14.3. The predicted octanol–water partition coefficient (Wildman–Crippen LogP) is 0.966. The van der Waals surface area contributed by atoms with Gasteiger partial charge in [-0.3, -0.25) is 4.28 Å². The summed E-state index contributed by atoms with van der Waals surface area (Å²) in [6.45, 7) is 1.86. The van der Waals surface area contributed by atoms with Crippen molar-refractivity contribution >= 4 is 39.7 Å². The number of hydrogen-bond acceptors (Lipinski definition) is 3. The Labute approximate surface area is 123 Å². The van der Waals surface area contributed by atoms with Crippen LogP contribution in [0.4, 0.5) is 0 Å². The van der Waals surface area contributed by atoms with Crippen molar-refractivity contribution in [2.24, 2.45) is 0 Å². The first-order valence-electron chi connectivity index (χ1n) is 4.72. The minimum absolute atomic E-state index is 0. The second kappa shape index (κ2) is 5.73. The van der Waals surface area contributed by atoms with E-state index in [1.54, 1.807) is 36.7 Å². The Balaban J connectivity index is 0.00000144. The maximum atomic E-state index is 11.8. The van der Waals surface area contributed by atoms with Crippen LogP contribution in [0.25, 0.3) is 0 Å². The van der Waals surface area contributed by atoms with E-state index in [0.29, 0.717) is 0 Å². The molecule has 1 aromatic carbocycles. The van der Waals surface area contributed by atoms with Crippen LogP contribution in [0.3, 0.4) is 0 Å². The van der Waals surface area contributed by atoms with Crippen molar-refractivity contribution in [1.82, 2.24) is 4.73 Å². The fourth-order valence-corrected chi connectivity index (χ4v) is 2.16. The normalized spacial score (nSPS) is 10.6. The Morgan fingerprint density at radius 1 is 1.12 bits per heavy atom. The fraction of sp³-hybridized carbons (Fsp3) is 0.0909. The van der Waals surface area contributed by atoms with Crippen molar-refractivity contribution in [1.29, 1.82) is 0 Å². The third-order valence-electron chi connectivity index (χ3n) is 2.03. The minimum atomic E-state index is -3.74. The van der Waals surface area contributed by atoms with Gasteiger partial charge in [0.2, 0.25) is 0 Å². The van der Waals surface area contributed by atoms with Gasteiger partial charge in [0.1, 0.15) is 4.90 Å². The summed E-state index contributed by atoms with van der Waals surface area (Å²) in [5.74, 6) is 0. The van der Waals surface area contributed by atoms with Crippen molar-refractivity contribution in [3.8, 4) is 0 Å². The third kappa shape index (κ3) is 3.61. The summed E-state index contributed by atoms with van der Waals surface area (Å²) in [6, 6.07) is 9.80. The van der Waals surface area contributed by atoms with Crippen LogP contribution in [0.2, 0.25) is 0 Å².